The molecule has 1 fully saturated rings. The van der Waals surface area contributed by atoms with Gasteiger partial charge < -0.3 is 9.64 Å². The fourth-order valence-corrected chi connectivity index (χ4v) is 2.08. The van der Waals surface area contributed by atoms with E-state index in [1.807, 2.05) is 29.0 Å². The van der Waals surface area contributed by atoms with Gasteiger partial charge in [0.2, 0.25) is 5.91 Å². The summed E-state index contributed by atoms with van der Waals surface area (Å²) in [6, 6.07) is 7.17. The molecule has 19 heavy (non-hydrogen) atoms. The highest BCUT2D eigenvalue weighted by molar-refractivity contribution is 5.89. The Morgan fingerprint density at radius 1 is 1.26 bits per heavy atom. The van der Waals surface area contributed by atoms with Crippen molar-refractivity contribution < 1.29 is 14.3 Å². The van der Waals surface area contributed by atoms with E-state index in [0.29, 0.717) is 18.7 Å². The number of likely N-dealkylation sites (N-methyl/N-ethyl adjacent to an activating group) is 1. The van der Waals surface area contributed by atoms with Crippen LogP contribution in [0.4, 0.5) is 0 Å². The van der Waals surface area contributed by atoms with Gasteiger partial charge in [0.1, 0.15) is 0 Å². The molecular formula is C14H18N2O3. The smallest absolute Gasteiger partial charge is 0.337 e. The standard InChI is InChI=1S/C14H18N2O3/c1-15-7-8-16(13(17)10-15)9-11-3-5-12(6-4-11)14(18)19-2/h3-6H,7-10H2,1-2H3. The van der Waals surface area contributed by atoms with Gasteiger partial charge >= 0.3 is 5.97 Å². The van der Waals surface area contributed by atoms with Crippen molar-refractivity contribution >= 4 is 11.9 Å². The Kier molecular flexibility index (Phi) is 4.16. The topological polar surface area (TPSA) is 49.9 Å². The van der Waals surface area contributed by atoms with Crippen molar-refractivity contribution in [3.05, 3.63) is 35.4 Å². The van der Waals surface area contributed by atoms with Crippen LogP contribution in [-0.4, -0.2) is 55.5 Å². The Hall–Kier alpha value is -1.88. The summed E-state index contributed by atoms with van der Waals surface area (Å²) in [5.74, 6) is -0.201. The molecule has 2 rings (SSSR count). The quantitative estimate of drug-likeness (QED) is 0.754. The highest BCUT2D eigenvalue weighted by atomic mass is 16.5. The number of hydrogen-bond acceptors (Lipinski definition) is 4. The van der Waals surface area contributed by atoms with E-state index < -0.39 is 0 Å². The average Bonchev–Trinajstić information content (AvgIpc) is 2.42. The summed E-state index contributed by atoms with van der Waals surface area (Å²) >= 11 is 0. The number of nitrogens with zero attached hydrogens (tertiary/aromatic N) is 2. The van der Waals surface area contributed by atoms with Crippen LogP contribution in [0.25, 0.3) is 0 Å². The van der Waals surface area contributed by atoms with Gasteiger partial charge in [-0.05, 0) is 24.7 Å². The number of carbonyl (C=O) groups excluding carboxylic acids is 2. The van der Waals surface area contributed by atoms with Gasteiger partial charge in [-0.25, -0.2) is 4.79 Å². The molecule has 0 bridgehead atoms. The highest BCUT2D eigenvalue weighted by Crippen LogP contribution is 2.11. The van der Waals surface area contributed by atoms with Crippen LogP contribution in [0.15, 0.2) is 24.3 Å². The maximum absolute atomic E-state index is 11.8. The largest absolute Gasteiger partial charge is 0.465 e. The highest BCUT2D eigenvalue weighted by Gasteiger charge is 2.21. The third kappa shape index (κ3) is 3.32. The van der Waals surface area contributed by atoms with Gasteiger partial charge in [0, 0.05) is 19.6 Å². The molecule has 1 aromatic rings. The van der Waals surface area contributed by atoms with Crippen LogP contribution in [0.1, 0.15) is 15.9 Å². The molecule has 1 aromatic carbocycles. The number of rotatable bonds is 3. The number of ether oxygens (including phenoxy) is 1. The maximum atomic E-state index is 11.8. The summed E-state index contributed by atoms with van der Waals surface area (Å²) in [5.41, 5.74) is 1.54. The molecule has 0 aliphatic carbocycles. The van der Waals surface area contributed by atoms with E-state index in [2.05, 4.69) is 4.74 Å². The summed E-state index contributed by atoms with van der Waals surface area (Å²) in [6.07, 6.45) is 0. The van der Waals surface area contributed by atoms with Gasteiger partial charge in [0.25, 0.3) is 0 Å². The lowest BCUT2D eigenvalue weighted by atomic mass is 10.1. The van der Waals surface area contributed by atoms with E-state index in [0.717, 1.165) is 18.7 Å². The number of carbonyl (C=O) groups is 2. The number of piperazine rings is 1. The predicted octanol–water partition coefficient (Wildman–Crippen LogP) is 0.747. The fraction of sp³-hybridized carbons (Fsp3) is 0.429. The summed E-state index contributed by atoms with van der Waals surface area (Å²) in [5, 5.41) is 0. The van der Waals surface area contributed by atoms with Crippen LogP contribution < -0.4 is 0 Å². The summed E-state index contributed by atoms with van der Waals surface area (Å²) in [6.45, 7) is 2.70. The molecule has 0 aromatic heterocycles. The second-order valence-corrected chi connectivity index (χ2v) is 4.74. The first-order valence-corrected chi connectivity index (χ1v) is 6.23. The first-order chi connectivity index (χ1) is 9.10. The molecular weight excluding hydrogens is 244 g/mol. The molecule has 0 N–H and O–H groups in total. The van der Waals surface area contributed by atoms with Crippen LogP contribution in [0.3, 0.4) is 0 Å². The molecule has 0 atom stereocenters. The summed E-state index contributed by atoms with van der Waals surface area (Å²) in [4.78, 5) is 27.0. The molecule has 1 aliphatic heterocycles. The van der Waals surface area contributed by atoms with Crippen molar-refractivity contribution in [2.75, 3.05) is 33.8 Å². The number of methoxy groups -OCH3 is 1. The molecule has 0 saturated carbocycles. The molecule has 0 unspecified atom stereocenters. The average molecular weight is 262 g/mol. The summed E-state index contributed by atoms with van der Waals surface area (Å²) in [7, 11) is 3.31. The van der Waals surface area contributed by atoms with Gasteiger partial charge in [0.05, 0.1) is 19.2 Å². The maximum Gasteiger partial charge on any atom is 0.337 e. The van der Waals surface area contributed by atoms with Crippen LogP contribution >= 0.6 is 0 Å². The number of esters is 1. The van der Waals surface area contributed by atoms with Crippen LogP contribution in [0, 0.1) is 0 Å². The molecule has 1 amide bonds. The third-order valence-corrected chi connectivity index (χ3v) is 3.26. The van der Waals surface area contributed by atoms with Crippen molar-refractivity contribution in [2.45, 2.75) is 6.54 Å². The Labute approximate surface area is 112 Å². The third-order valence-electron chi connectivity index (χ3n) is 3.26. The Morgan fingerprint density at radius 3 is 2.53 bits per heavy atom. The second kappa shape index (κ2) is 5.84. The lowest BCUT2D eigenvalue weighted by Crippen LogP contribution is -2.48. The Morgan fingerprint density at radius 2 is 1.95 bits per heavy atom. The Balaban J connectivity index is 2.00. The van der Waals surface area contributed by atoms with Crippen molar-refractivity contribution in [1.82, 2.24) is 9.80 Å². The van der Waals surface area contributed by atoms with E-state index in [-0.39, 0.29) is 11.9 Å². The molecule has 1 saturated heterocycles. The zero-order valence-electron chi connectivity index (χ0n) is 11.3. The number of amides is 1. The van der Waals surface area contributed by atoms with Crippen molar-refractivity contribution in [3.8, 4) is 0 Å². The van der Waals surface area contributed by atoms with Crippen LogP contribution in [0.5, 0.6) is 0 Å². The van der Waals surface area contributed by atoms with E-state index >= 15 is 0 Å². The molecule has 1 aliphatic rings. The first-order valence-electron chi connectivity index (χ1n) is 6.23. The van der Waals surface area contributed by atoms with Crippen LogP contribution in [-0.2, 0) is 16.1 Å². The SMILES string of the molecule is COC(=O)c1ccc(CN2CCN(C)CC2=O)cc1. The normalized spacial score (nSPS) is 16.5. The van der Waals surface area contributed by atoms with Gasteiger partial charge in [-0.1, -0.05) is 12.1 Å². The zero-order valence-corrected chi connectivity index (χ0v) is 11.3. The van der Waals surface area contributed by atoms with Crippen molar-refractivity contribution in [2.24, 2.45) is 0 Å². The van der Waals surface area contributed by atoms with Gasteiger partial charge in [-0.15, -0.1) is 0 Å². The Bertz CT molecular complexity index is 470. The molecule has 1 heterocycles. The van der Waals surface area contributed by atoms with Gasteiger partial charge in [0.15, 0.2) is 0 Å². The monoisotopic (exact) mass is 262 g/mol. The van der Waals surface area contributed by atoms with E-state index in [9.17, 15) is 9.59 Å². The number of benzene rings is 1. The zero-order chi connectivity index (χ0) is 13.8. The van der Waals surface area contributed by atoms with E-state index in [1.54, 1.807) is 12.1 Å². The van der Waals surface area contributed by atoms with Gasteiger partial charge in [-0.2, -0.15) is 0 Å². The molecule has 0 radical (unpaired) electrons. The van der Waals surface area contributed by atoms with Crippen molar-refractivity contribution in [3.63, 3.8) is 0 Å². The van der Waals surface area contributed by atoms with Crippen molar-refractivity contribution in [1.29, 1.82) is 0 Å². The second-order valence-electron chi connectivity index (χ2n) is 4.74. The lowest BCUT2D eigenvalue weighted by molar-refractivity contribution is -0.136. The van der Waals surface area contributed by atoms with Crippen LogP contribution in [0.2, 0.25) is 0 Å². The molecule has 5 heteroatoms. The molecule has 102 valence electrons. The first kappa shape index (κ1) is 13.5. The van der Waals surface area contributed by atoms with E-state index in [4.69, 9.17) is 0 Å². The number of hydrogen-bond donors (Lipinski definition) is 0. The minimum Gasteiger partial charge on any atom is -0.465 e. The van der Waals surface area contributed by atoms with E-state index in [1.165, 1.54) is 7.11 Å². The van der Waals surface area contributed by atoms with Gasteiger partial charge in [-0.3, -0.25) is 9.69 Å². The minimum atomic E-state index is -0.345. The predicted molar refractivity (Wildman–Crippen MR) is 70.7 cm³/mol. The fourth-order valence-electron chi connectivity index (χ4n) is 2.08. The summed E-state index contributed by atoms with van der Waals surface area (Å²) < 4.78 is 4.65. The molecule has 0 spiro atoms. The molecule has 5 nitrogen and oxygen atoms in total. The minimum absolute atomic E-state index is 0.144. The lowest BCUT2D eigenvalue weighted by Gasteiger charge is -2.32.